The van der Waals surface area contributed by atoms with Crippen LogP contribution in [-0.2, 0) is 29.1 Å². The van der Waals surface area contributed by atoms with Crippen molar-refractivity contribution in [3.8, 4) is 22.9 Å². The fraction of sp³-hybridized carbons (Fsp3) is 0.342. The van der Waals surface area contributed by atoms with Gasteiger partial charge in [-0.2, -0.15) is 4.98 Å². The predicted octanol–water partition coefficient (Wildman–Crippen LogP) is 5.02. The fourth-order valence-electron chi connectivity index (χ4n) is 6.10. The van der Waals surface area contributed by atoms with Crippen molar-refractivity contribution in [2.24, 2.45) is 0 Å². The summed E-state index contributed by atoms with van der Waals surface area (Å²) in [4.78, 5) is 43.8. The molecule has 0 saturated heterocycles. The van der Waals surface area contributed by atoms with E-state index in [9.17, 15) is 24.6 Å². The average molecular weight is 783 g/mol. The molecule has 0 bridgehead atoms. The zero-order chi connectivity index (χ0) is 38.8. The Hall–Kier alpha value is -4.83. The molecule has 16 heteroatoms. The van der Waals surface area contributed by atoms with Crippen molar-refractivity contribution in [3.63, 3.8) is 0 Å². The first-order valence-corrected chi connectivity index (χ1v) is 18.1. The van der Waals surface area contributed by atoms with Gasteiger partial charge in [0.25, 0.3) is 5.91 Å². The molecule has 286 valence electrons. The Morgan fingerprint density at radius 3 is 2.26 bits per heavy atom. The number of benzene rings is 2. The zero-order valence-corrected chi connectivity index (χ0v) is 30.9. The van der Waals surface area contributed by atoms with E-state index in [2.05, 4.69) is 25.9 Å². The molecule has 2 heterocycles. The molecule has 1 amide bonds. The summed E-state index contributed by atoms with van der Waals surface area (Å²) in [5.41, 5.74) is 5.17. The number of carboxylic acids is 2. The van der Waals surface area contributed by atoms with Gasteiger partial charge in [-0.3, -0.25) is 14.4 Å². The van der Waals surface area contributed by atoms with Crippen molar-refractivity contribution >= 4 is 46.9 Å². The van der Waals surface area contributed by atoms with E-state index in [0.717, 1.165) is 22.3 Å². The molecule has 0 fully saturated rings. The summed E-state index contributed by atoms with van der Waals surface area (Å²) in [7, 11) is 0. The number of ether oxygens (including phenoxy) is 2. The fourth-order valence-corrected chi connectivity index (χ4v) is 6.63. The van der Waals surface area contributed by atoms with Gasteiger partial charge in [-0.1, -0.05) is 59.6 Å². The highest BCUT2D eigenvalue weighted by Crippen LogP contribution is 2.43. The van der Waals surface area contributed by atoms with E-state index in [1.807, 2.05) is 31.2 Å². The first-order valence-electron chi connectivity index (χ1n) is 17.3. The van der Waals surface area contributed by atoms with Crippen LogP contribution in [0.4, 0.5) is 5.82 Å². The van der Waals surface area contributed by atoms with Crippen LogP contribution in [0, 0.1) is 0 Å². The zero-order valence-electron chi connectivity index (χ0n) is 29.3. The van der Waals surface area contributed by atoms with Crippen molar-refractivity contribution < 1.29 is 44.3 Å². The standard InChI is InChI=1S/C38H41Cl2N5O9/c1-2-53-37-22(18-42-20-24(47)15-34(50)51)13-30(39)38(45-37)54-31-11-10-26-25(5-3-6-27(26)31)28-7-4-8-29(35(28)40)36(52)44-32-12-9-21(17-43-32)16-41-19-23(46)14-33(48)49/h3-9,12-13,17,23-24,31,41-42,46-47H,2,10-11,14-16,18-20H2,1H3,(H,48,49)(H,50,51)(H,43,44,52)/t23-,24-,31-/m0/s1. The molecule has 0 radical (unpaired) electrons. The predicted molar refractivity (Wildman–Crippen MR) is 201 cm³/mol. The van der Waals surface area contributed by atoms with E-state index in [1.54, 1.807) is 36.5 Å². The number of fused-ring (bicyclic) bond motifs is 1. The SMILES string of the molecule is CCOc1nc(O[C@H]2CCc3c(-c4cccc(C(=O)Nc5ccc(CNC[C@@H](O)CC(=O)O)cn5)c4Cl)cccc32)c(Cl)cc1CNC[C@@H](O)CC(=O)O. The second kappa shape index (κ2) is 19.0. The number of nitrogens with one attached hydrogen (secondary N) is 3. The van der Waals surface area contributed by atoms with Gasteiger partial charge < -0.3 is 45.9 Å². The molecule has 0 unspecified atom stereocenters. The summed E-state index contributed by atoms with van der Waals surface area (Å²) in [6, 6.07) is 16.2. The minimum absolute atomic E-state index is 0.0596. The molecule has 3 atom stereocenters. The third-order valence-electron chi connectivity index (χ3n) is 8.56. The number of nitrogens with zero attached hydrogens (tertiary/aromatic N) is 2. The number of pyridine rings is 2. The van der Waals surface area contributed by atoms with Crippen LogP contribution in [0.1, 0.15) is 64.9 Å². The van der Waals surface area contributed by atoms with Crippen molar-refractivity contribution in [2.75, 3.05) is 25.0 Å². The number of carbonyl (C=O) groups is 3. The lowest BCUT2D eigenvalue weighted by molar-refractivity contribution is -0.140. The Bertz CT molecular complexity index is 1960. The Balaban J connectivity index is 1.26. The van der Waals surface area contributed by atoms with Crippen LogP contribution in [0.2, 0.25) is 10.0 Å². The number of aliphatic hydroxyl groups excluding tert-OH is 2. The van der Waals surface area contributed by atoms with Gasteiger partial charge in [-0.25, -0.2) is 4.98 Å². The molecular formula is C38H41Cl2N5O9. The molecule has 7 N–H and O–H groups in total. The monoisotopic (exact) mass is 781 g/mol. The number of hydrogen-bond acceptors (Lipinski definition) is 11. The van der Waals surface area contributed by atoms with Crippen LogP contribution in [0.3, 0.4) is 0 Å². The number of halogens is 2. The summed E-state index contributed by atoms with van der Waals surface area (Å²) >= 11 is 13.5. The van der Waals surface area contributed by atoms with Gasteiger partial charge in [0.15, 0.2) is 0 Å². The Morgan fingerprint density at radius 1 is 0.907 bits per heavy atom. The lowest BCUT2D eigenvalue weighted by Crippen LogP contribution is -2.28. The number of amides is 1. The van der Waals surface area contributed by atoms with E-state index in [4.69, 9.17) is 42.9 Å². The summed E-state index contributed by atoms with van der Waals surface area (Å²) in [6.07, 6.45) is -0.287. The molecule has 0 spiro atoms. The van der Waals surface area contributed by atoms with Crippen molar-refractivity contribution in [2.45, 2.75) is 64.0 Å². The minimum atomic E-state index is -1.09. The number of rotatable bonds is 19. The number of carbonyl (C=O) groups excluding carboxylic acids is 1. The van der Waals surface area contributed by atoms with Crippen LogP contribution in [0.5, 0.6) is 11.8 Å². The third kappa shape index (κ3) is 10.6. The Kier molecular flexibility index (Phi) is 14.2. The highest BCUT2D eigenvalue weighted by Gasteiger charge is 2.29. The number of hydrogen-bond donors (Lipinski definition) is 7. The molecule has 5 rings (SSSR count). The molecule has 1 aliphatic rings. The van der Waals surface area contributed by atoms with Gasteiger partial charge in [0.2, 0.25) is 11.8 Å². The second-order valence-corrected chi connectivity index (χ2v) is 13.4. The molecule has 2 aromatic heterocycles. The Labute approximate surface area is 321 Å². The molecule has 1 aliphatic carbocycles. The van der Waals surface area contributed by atoms with Gasteiger partial charge >= 0.3 is 11.9 Å². The quantitative estimate of drug-likeness (QED) is 0.0667. The highest BCUT2D eigenvalue weighted by molar-refractivity contribution is 6.37. The van der Waals surface area contributed by atoms with Gasteiger partial charge in [-0.05, 0) is 60.2 Å². The van der Waals surface area contributed by atoms with Crippen LogP contribution in [0.25, 0.3) is 11.1 Å². The topological polar surface area (TPSA) is 212 Å². The van der Waals surface area contributed by atoms with E-state index >= 15 is 0 Å². The van der Waals surface area contributed by atoms with Crippen molar-refractivity contribution in [1.82, 2.24) is 20.6 Å². The third-order valence-corrected chi connectivity index (χ3v) is 9.24. The van der Waals surface area contributed by atoms with E-state index in [0.29, 0.717) is 48.8 Å². The number of aliphatic carboxylic acids is 2. The highest BCUT2D eigenvalue weighted by atomic mass is 35.5. The van der Waals surface area contributed by atoms with Crippen molar-refractivity contribution in [1.29, 1.82) is 0 Å². The smallest absolute Gasteiger partial charge is 0.306 e. The van der Waals surface area contributed by atoms with Crippen LogP contribution < -0.4 is 25.4 Å². The van der Waals surface area contributed by atoms with Gasteiger partial charge in [0.1, 0.15) is 16.9 Å². The maximum absolute atomic E-state index is 13.4. The summed E-state index contributed by atoms with van der Waals surface area (Å²) in [5, 5.41) is 46.6. The van der Waals surface area contributed by atoms with Gasteiger partial charge in [0, 0.05) is 43.5 Å². The van der Waals surface area contributed by atoms with Crippen LogP contribution in [0.15, 0.2) is 60.8 Å². The molecule has 0 saturated carbocycles. The lowest BCUT2D eigenvalue weighted by Gasteiger charge is -2.19. The molecule has 54 heavy (non-hydrogen) atoms. The maximum Gasteiger partial charge on any atom is 0.306 e. The minimum Gasteiger partial charge on any atom is -0.481 e. The molecule has 2 aromatic carbocycles. The number of aromatic nitrogens is 2. The number of aliphatic hydroxyl groups is 2. The Morgan fingerprint density at radius 2 is 1.59 bits per heavy atom. The number of carboxylic acid groups (broad SMARTS) is 2. The summed E-state index contributed by atoms with van der Waals surface area (Å²) < 4.78 is 12.1. The first kappa shape index (κ1) is 40.4. The first-order chi connectivity index (χ1) is 25.9. The lowest BCUT2D eigenvalue weighted by atomic mass is 9.95. The van der Waals surface area contributed by atoms with E-state index < -0.39 is 30.1 Å². The molecule has 4 aromatic rings. The molecular weight excluding hydrogens is 741 g/mol. The van der Waals surface area contributed by atoms with E-state index in [-0.39, 0.29) is 60.1 Å². The van der Waals surface area contributed by atoms with Crippen LogP contribution in [-0.4, -0.2) is 80.1 Å². The average Bonchev–Trinajstić information content (AvgIpc) is 3.53. The van der Waals surface area contributed by atoms with E-state index in [1.165, 1.54) is 0 Å². The van der Waals surface area contributed by atoms with Gasteiger partial charge in [0.05, 0.1) is 42.2 Å². The van der Waals surface area contributed by atoms with Crippen molar-refractivity contribution in [3.05, 3.63) is 98.7 Å². The second-order valence-electron chi connectivity index (χ2n) is 12.6. The summed E-state index contributed by atoms with van der Waals surface area (Å²) in [6.45, 7) is 2.91. The molecule has 0 aliphatic heterocycles. The van der Waals surface area contributed by atoms with Gasteiger partial charge in [-0.15, -0.1) is 0 Å². The maximum atomic E-state index is 13.4. The number of anilines is 1. The normalized spacial score (nSPS) is 14.6. The van der Waals surface area contributed by atoms with Crippen LogP contribution >= 0.6 is 23.2 Å². The summed E-state index contributed by atoms with van der Waals surface area (Å²) in [5.74, 6) is -1.79. The largest absolute Gasteiger partial charge is 0.481 e. The molecule has 14 nitrogen and oxygen atoms in total.